The molecular weight excluding hydrogens is 265 g/mol. The largest absolute Gasteiger partial charge is 0.481 e. The highest BCUT2D eigenvalue weighted by Crippen LogP contribution is 2.40. The molecule has 6 heteroatoms. The number of anilines is 1. The lowest BCUT2D eigenvalue weighted by molar-refractivity contribution is -0.139. The Kier molecular flexibility index (Phi) is 3.26. The van der Waals surface area contributed by atoms with Crippen molar-refractivity contribution in [2.75, 3.05) is 5.32 Å². The lowest BCUT2D eigenvalue weighted by Crippen LogP contribution is -2.17. The van der Waals surface area contributed by atoms with E-state index >= 15 is 0 Å². The van der Waals surface area contributed by atoms with E-state index in [0.717, 1.165) is 0 Å². The van der Waals surface area contributed by atoms with Crippen LogP contribution in [0.2, 0.25) is 10.0 Å². The van der Waals surface area contributed by atoms with Crippen LogP contribution in [0.5, 0.6) is 0 Å². The number of carboxylic acids is 1. The number of aliphatic carboxylic acids is 1. The van der Waals surface area contributed by atoms with E-state index < -0.39 is 17.8 Å². The first-order chi connectivity index (χ1) is 8.00. The van der Waals surface area contributed by atoms with Gasteiger partial charge in [0.2, 0.25) is 5.91 Å². The minimum Gasteiger partial charge on any atom is -0.481 e. The van der Waals surface area contributed by atoms with E-state index in [0.29, 0.717) is 22.2 Å². The van der Waals surface area contributed by atoms with Crippen LogP contribution in [0.25, 0.3) is 0 Å². The first kappa shape index (κ1) is 12.2. The molecule has 0 radical (unpaired) electrons. The van der Waals surface area contributed by atoms with Crippen molar-refractivity contribution in [2.24, 2.45) is 11.8 Å². The van der Waals surface area contributed by atoms with Crippen LogP contribution in [0.3, 0.4) is 0 Å². The summed E-state index contributed by atoms with van der Waals surface area (Å²) >= 11 is 11.8. The van der Waals surface area contributed by atoms with Gasteiger partial charge in [0.25, 0.3) is 0 Å². The zero-order valence-electron chi connectivity index (χ0n) is 8.61. The van der Waals surface area contributed by atoms with E-state index in [9.17, 15) is 9.59 Å². The average molecular weight is 274 g/mol. The molecule has 1 aliphatic rings. The second kappa shape index (κ2) is 4.55. The van der Waals surface area contributed by atoms with Crippen LogP contribution in [-0.2, 0) is 9.59 Å². The van der Waals surface area contributed by atoms with Crippen molar-refractivity contribution in [2.45, 2.75) is 6.42 Å². The van der Waals surface area contributed by atoms with Crippen molar-refractivity contribution in [1.82, 2.24) is 0 Å². The van der Waals surface area contributed by atoms with Crippen molar-refractivity contribution in [1.29, 1.82) is 0 Å². The number of para-hydroxylation sites is 1. The minimum atomic E-state index is -0.949. The topological polar surface area (TPSA) is 66.4 Å². The van der Waals surface area contributed by atoms with Crippen LogP contribution in [-0.4, -0.2) is 17.0 Å². The lowest BCUT2D eigenvalue weighted by atomic mass is 10.2. The Morgan fingerprint density at radius 3 is 2.29 bits per heavy atom. The summed E-state index contributed by atoms with van der Waals surface area (Å²) in [6.07, 6.45) is 0.364. The lowest BCUT2D eigenvalue weighted by Gasteiger charge is -2.08. The van der Waals surface area contributed by atoms with E-state index in [-0.39, 0.29) is 5.91 Å². The van der Waals surface area contributed by atoms with Gasteiger partial charge in [0.1, 0.15) is 0 Å². The van der Waals surface area contributed by atoms with Gasteiger partial charge in [-0.05, 0) is 18.6 Å². The van der Waals surface area contributed by atoms with E-state index in [1.165, 1.54) is 0 Å². The van der Waals surface area contributed by atoms with Crippen LogP contribution in [0.4, 0.5) is 5.69 Å². The summed E-state index contributed by atoms with van der Waals surface area (Å²) in [6, 6.07) is 4.87. The smallest absolute Gasteiger partial charge is 0.307 e. The third-order valence-corrected chi connectivity index (χ3v) is 3.29. The molecule has 1 amide bonds. The van der Waals surface area contributed by atoms with Crippen molar-refractivity contribution in [3.8, 4) is 0 Å². The number of nitrogens with one attached hydrogen (secondary N) is 1. The van der Waals surface area contributed by atoms with Gasteiger partial charge in [-0.3, -0.25) is 9.59 Å². The molecule has 1 aromatic rings. The van der Waals surface area contributed by atoms with Gasteiger partial charge in [-0.15, -0.1) is 0 Å². The molecule has 1 fully saturated rings. The molecule has 17 heavy (non-hydrogen) atoms. The van der Waals surface area contributed by atoms with Crippen molar-refractivity contribution in [3.05, 3.63) is 28.2 Å². The van der Waals surface area contributed by atoms with Gasteiger partial charge in [-0.2, -0.15) is 0 Å². The molecule has 0 aromatic heterocycles. The second-order valence-corrected chi connectivity index (χ2v) is 4.69. The number of carbonyl (C=O) groups is 2. The monoisotopic (exact) mass is 273 g/mol. The Labute approximate surface area is 108 Å². The van der Waals surface area contributed by atoms with Crippen LogP contribution in [0.1, 0.15) is 6.42 Å². The molecule has 0 bridgehead atoms. The van der Waals surface area contributed by atoms with Gasteiger partial charge in [-0.25, -0.2) is 0 Å². The number of amides is 1. The molecule has 0 saturated heterocycles. The maximum absolute atomic E-state index is 11.7. The number of benzene rings is 1. The van der Waals surface area contributed by atoms with Gasteiger partial charge in [-0.1, -0.05) is 29.3 Å². The molecule has 1 aromatic carbocycles. The number of carboxylic acid groups (broad SMARTS) is 1. The molecule has 4 nitrogen and oxygen atoms in total. The molecular formula is C11H9Cl2NO3. The Morgan fingerprint density at radius 1 is 1.24 bits per heavy atom. The molecule has 0 heterocycles. The molecule has 1 saturated carbocycles. The average Bonchev–Trinajstić information content (AvgIpc) is 3.03. The van der Waals surface area contributed by atoms with Gasteiger partial charge in [0, 0.05) is 0 Å². The van der Waals surface area contributed by atoms with E-state index in [2.05, 4.69) is 5.32 Å². The number of rotatable bonds is 3. The normalized spacial score (nSPS) is 22.0. The zero-order chi connectivity index (χ0) is 12.6. The summed E-state index contributed by atoms with van der Waals surface area (Å²) in [5.41, 5.74) is 0.330. The number of hydrogen-bond acceptors (Lipinski definition) is 2. The highest BCUT2D eigenvalue weighted by Gasteiger charge is 2.48. The van der Waals surface area contributed by atoms with Crippen LogP contribution >= 0.6 is 23.2 Å². The van der Waals surface area contributed by atoms with Crippen LogP contribution in [0.15, 0.2) is 18.2 Å². The first-order valence-corrected chi connectivity index (χ1v) is 5.74. The van der Waals surface area contributed by atoms with E-state index in [1.807, 2.05) is 0 Å². The van der Waals surface area contributed by atoms with E-state index in [4.69, 9.17) is 28.3 Å². The van der Waals surface area contributed by atoms with Crippen molar-refractivity contribution >= 4 is 40.8 Å². The fourth-order valence-electron chi connectivity index (χ4n) is 1.59. The number of hydrogen-bond donors (Lipinski definition) is 2. The summed E-state index contributed by atoms with van der Waals surface area (Å²) in [4.78, 5) is 22.3. The minimum absolute atomic E-state index is 0.330. The molecule has 0 unspecified atom stereocenters. The third kappa shape index (κ3) is 2.53. The molecule has 0 spiro atoms. The maximum Gasteiger partial charge on any atom is 0.307 e. The van der Waals surface area contributed by atoms with Gasteiger partial charge in [0.15, 0.2) is 0 Å². The molecule has 0 aliphatic heterocycles. The fourth-order valence-corrected chi connectivity index (χ4v) is 2.08. The Hall–Kier alpha value is -1.26. The van der Waals surface area contributed by atoms with Gasteiger partial charge >= 0.3 is 5.97 Å². The Morgan fingerprint density at radius 2 is 1.82 bits per heavy atom. The van der Waals surface area contributed by atoms with Crippen molar-refractivity contribution in [3.63, 3.8) is 0 Å². The predicted molar refractivity (Wildman–Crippen MR) is 64.3 cm³/mol. The summed E-state index contributed by atoms with van der Waals surface area (Å²) in [7, 11) is 0. The summed E-state index contributed by atoms with van der Waals surface area (Å²) in [5, 5.41) is 11.9. The summed E-state index contributed by atoms with van der Waals surface area (Å²) in [6.45, 7) is 0. The Bertz CT molecular complexity index is 469. The molecule has 2 N–H and O–H groups in total. The van der Waals surface area contributed by atoms with Crippen molar-refractivity contribution < 1.29 is 14.7 Å². The fraction of sp³-hybridized carbons (Fsp3) is 0.273. The second-order valence-electron chi connectivity index (χ2n) is 3.87. The van der Waals surface area contributed by atoms with Crippen LogP contribution < -0.4 is 5.32 Å². The summed E-state index contributed by atoms with van der Waals surface area (Å²) < 4.78 is 0. The molecule has 1 aliphatic carbocycles. The SMILES string of the molecule is O=C(O)[C@H]1C[C@H]1C(=O)Nc1c(Cl)cccc1Cl. The third-order valence-electron chi connectivity index (χ3n) is 2.66. The summed E-state index contributed by atoms with van der Waals surface area (Å²) in [5.74, 6) is -2.38. The van der Waals surface area contributed by atoms with E-state index in [1.54, 1.807) is 18.2 Å². The number of halogens is 2. The van der Waals surface area contributed by atoms with Gasteiger partial charge < -0.3 is 10.4 Å². The Balaban J connectivity index is 2.07. The molecule has 90 valence electrons. The van der Waals surface area contributed by atoms with Gasteiger partial charge in [0.05, 0.1) is 27.6 Å². The highest BCUT2D eigenvalue weighted by molar-refractivity contribution is 6.39. The standard InChI is InChI=1S/C11H9Cl2NO3/c12-7-2-1-3-8(13)9(7)14-10(15)5-4-6(5)11(16)17/h1-3,5-6H,4H2,(H,14,15)(H,16,17)/t5-,6+/m1/s1. The quantitative estimate of drug-likeness (QED) is 0.890. The maximum atomic E-state index is 11.7. The molecule has 2 atom stereocenters. The first-order valence-electron chi connectivity index (χ1n) is 4.98. The zero-order valence-corrected chi connectivity index (χ0v) is 10.1. The van der Waals surface area contributed by atoms with Crippen LogP contribution in [0, 0.1) is 11.8 Å². The number of carbonyl (C=O) groups excluding carboxylic acids is 1. The highest BCUT2D eigenvalue weighted by atomic mass is 35.5. The predicted octanol–water partition coefficient (Wildman–Crippen LogP) is 2.65. The molecule has 2 rings (SSSR count).